The summed E-state index contributed by atoms with van der Waals surface area (Å²) in [6, 6.07) is 0. The van der Waals surface area contributed by atoms with Crippen LogP contribution in [0.15, 0.2) is 0 Å². The topological polar surface area (TPSA) is 83.9 Å². The maximum Gasteiger partial charge on any atom is 0.334 e. The maximum absolute atomic E-state index is 12.6. The van der Waals surface area contributed by atoms with E-state index < -0.39 is 26.8 Å². The summed E-state index contributed by atoms with van der Waals surface area (Å²) in [7, 11) is -3.43. The summed E-state index contributed by atoms with van der Waals surface area (Å²) < 4.78 is 30.8. The molecule has 1 atom stereocenters. The van der Waals surface area contributed by atoms with Crippen LogP contribution in [-0.2, 0) is 19.6 Å². The van der Waals surface area contributed by atoms with Crippen LogP contribution in [0.3, 0.4) is 0 Å². The van der Waals surface area contributed by atoms with Gasteiger partial charge in [-0.1, -0.05) is 13.8 Å². The molecular formula is C11H19NO5S. The van der Waals surface area contributed by atoms with Crippen LogP contribution in [0.25, 0.3) is 0 Å². The highest BCUT2D eigenvalue weighted by Crippen LogP contribution is 2.50. The number of carboxylic acids is 1. The molecular weight excluding hydrogens is 258 g/mol. The van der Waals surface area contributed by atoms with Gasteiger partial charge in [0.15, 0.2) is 6.10 Å². The molecule has 2 rings (SSSR count). The second-order valence-corrected chi connectivity index (χ2v) is 7.56. The third kappa shape index (κ3) is 2.04. The van der Waals surface area contributed by atoms with Crippen molar-refractivity contribution < 1.29 is 23.1 Å². The number of ether oxygens (including phenoxy) is 1. The van der Waals surface area contributed by atoms with Gasteiger partial charge in [0, 0.05) is 6.54 Å². The van der Waals surface area contributed by atoms with Crippen molar-refractivity contribution in [3.05, 3.63) is 0 Å². The summed E-state index contributed by atoms with van der Waals surface area (Å²) in [6.07, 6.45) is 0.293. The third-order valence-corrected chi connectivity index (χ3v) is 6.87. The molecule has 0 aromatic rings. The number of hydrogen-bond acceptors (Lipinski definition) is 4. The summed E-state index contributed by atoms with van der Waals surface area (Å²) in [6.45, 7) is 4.12. The zero-order valence-electron chi connectivity index (χ0n) is 10.6. The minimum absolute atomic E-state index is 0.0497. The van der Waals surface area contributed by atoms with E-state index in [-0.39, 0.29) is 25.6 Å². The number of aliphatic carboxylic acids is 1. The van der Waals surface area contributed by atoms with Gasteiger partial charge in [0.25, 0.3) is 0 Å². The van der Waals surface area contributed by atoms with E-state index in [1.54, 1.807) is 0 Å². The van der Waals surface area contributed by atoms with Crippen molar-refractivity contribution >= 4 is 16.0 Å². The molecule has 18 heavy (non-hydrogen) atoms. The van der Waals surface area contributed by atoms with Gasteiger partial charge in [-0.3, -0.25) is 0 Å². The quantitative estimate of drug-likeness (QED) is 0.798. The van der Waals surface area contributed by atoms with E-state index in [0.717, 1.165) is 0 Å². The average Bonchev–Trinajstić information content (AvgIpc) is 3.10. The van der Waals surface area contributed by atoms with E-state index >= 15 is 0 Å². The van der Waals surface area contributed by atoms with Gasteiger partial charge < -0.3 is 9.84 Å². The molecule has 1 aliphatic carbocycles. The maximum atomic E-state index is 12.6. The van der Waals surface area contributed by atoms with Crippen molar-refractivity contribution in [2.75, 3.05) is 19.7 Å². The van der Waals surface area contributed by atoms with Crippen molar-refractivity contribution in [3.8, 4) is 0 Å². The molecule has 0 aromatic heterocycles. The Morgan fingerprint density at radius 1 is 1.44 bits per heavy atom. The van der Waals surface area contributed by atoms with E-state index in [4.69, 9.17) is 9.84 Å². The van der Waals surface area contributed by atoms with Crippen LogP contribution in [-0.4, -0.2) is 54.3 Å². The fourth-order valence-corrected chi connectivity index (χ4v) is 4.88. The lowest BCUT2D eigenvalue weighted by atomic mass is 10.1. The highest BCUT2D eigenvalue weighted by atomic mass is 32.2. The van der Waals surface area contributed by atoms with Crippen LogP contribution < -0.4 is 0 Å². The Kier molecular flexibility index (Phi) is 3.42. The highest BCUT2D eigenvalue weighted by molar-refractivity contribution is 7.90. The van der Waals surface area contributed by atoms with Gasteiger partial charge in [0.2, 0.25) is 10.0 Å². The summed E-state index contributed by atoms with van der Waals surface area (Å²) in [4.78, 5) is 10.9. The number of nitrogens with zero attached hydrogens (tertiary/aromatic N) is 1. The fourth-order valence-electron chi connectivity index (χ4n) is 2.51. The van der Waals surface area contributed by atoms with Crippen molar-refractivity contribution in [1.82, 2.24) is 4.31 Å². The Bertz CT molecular complexity index is 440. The Hall–Kier alpha value is -0.660. The number of carbonyl (C=O) groups is 1. The summed E-state index contributed by atoms with van der Waals surface area (Å²) in [5.74, 6) is -1.06. The van der Waals surface area contributed by atoms with Gasteiger partial charge in [0.1, 0.15) is 0 Å². The summed E-state index contributed by atoms with van der Waals surface area (Å²) >= 11 is 0. The predicted molar refractivity (Wildman–Crippen MR) is 64.7 cm³/mol. The van der Waals surface area contributed by atoms with Gasteiger partial charge in [-0.2, -0.15) is 4.31 Å². The molecule has 1 N–H and O–H groups in total. The van der Waals surface area contributed by atoms with Crippen LogP contribution in [0.2, 0.25) is 0 Å². The molecule has 0 spiro atoms. The molecule has 1 aliphatic heterocycles. The van der Waals surface area contributed by atoms with Gasteiger partial charge in [-0.15, -0.1) is 0 Å². The summed E-state index contributed by atoms with van der Waals surface area (Å²) in [5, 5.41) is 8.90. The monoisotopic (exact) mass is 277 g/mol. The van der Waals surface area contributed by atoms with E-state index in [9.17, 15) is 13.2 Å². The largest absolute Gasteiger partial charge is 0.479 e. The number of carboxylic acid groups (broad SMARTS) is 1. The van der Waals surface area contributed by atoms with Crippen molar-refractivity contribution in [1.29, 1.82) is 0 Å². The number of rotatable bonds is 4. The number of hydrogen-bond donors (Lipinski definition) is 1. The average molecular weight is 277 g/mol. The van der Waals surface area contributed by atoms with Crippen molar-refractivity contribution in [3.63, 3.8) is 0 Å². The van der Waals surface area contributed by atoms with Crippen LogP contribution in [0.5, 0.6) is 0 Å². The molecule has 0 bridgehead atoms. The van der Waals surface area contributed by atoms with Gasteiger partial charge in [-0.05, 0) is 18.8 Å². The van der Waals surface area contributed by atoms with Crippen LogP contribution in [0.4, 0.5) is 0 Å². The van der Waals surface area contributed by atoms with E-state index in [2.05, 4.69) is 0 Å². The van der Waals surface area contributed by atoms with E-state index in [1.807, 2.05) is 13.8 Å². The minimum atomic E-state index is -3.43. The fraction of sp³-hybridized carbons (Fsp3) is 0.909. The van der Waals surface area contributed by atoms with Gasteiger partial charge in [-0.25, -0.2) is 13.2 Å². The van der Waals surface area contributed by atoms with E-state index in [1.165, 1.54) is 4.31 Å². The zero-order chi connectivity index (χ0) is 13.6. The lowest BCUT2D eigenvalue weighted by Gasteiger charge is -2.34. The zero-order valence-corrected chi connectivity index (χ0v) is 11.4. The highest BCUT2D eigenvalue weighted by Gasteiger charge is 2.59. The first-order chi connectivity index (χ1) is 8.31. The molecule has 104 valence electrons. The molecule has 1 heterocycles. The number of sulfonamides is 1. The Morgan fingerprint density at radius 2 is 2.06 bits per heavy atom. The Labute approximate surface area is 107 Å². The van der Waals surface area contributed by atoms with Crippen LogP contribution in [0.1, 0.15) is 26.7 Å². The molecule has 1 unspecified atom stereocenters. The van der Waals surface area contributed by atoms with E-state index in [0.29, 0.717) is 12.8 Å². The standard InChI is InChI=1S/C11H19NO5S/c1-8(2)11(3-4-11)18(15,16)12-5-6-17-9(7-12)10(13)14/h8-9H,3-7H2,1-2H3,(H,13,14). The lowest BCUT2D eigenvalue weighted by molar-refractivity contribution is -0.153. The first-order valence-corrected chi connectivity index (χ1v) is 7.59. The van der Waals surface area contributed by atoms with Crippen LogP contribution in [0, 0.1) is 5.92 Å². The minimum Gasteiger partial charge on any atom is -0.479 e. The third-order valence-electron chi connectivity index (χ3n) is 3.95. The molecule has 1 saturated carbocycles. The van der Waals surface area contributed by atoms with Crippen molar-refractivity contribution in [2.24, 2.45) is 5.92 Å². The normalized spacial score (nSPS) is 28.3. The Morgan fingerprint density at radius 3 is 2.50 bits per heavy atom. The molecule has 7 heteroatoms. The number of morpholine rings is 1. The second-order valence-electron chi connectivity index (χ2n) is 5.28. The smallest absolute Gasteiger partial charge is 0.334 e. The summed E-state index contributed by atoms with van der Waals surface area (Å²) in [5.41, 5.74) is 0. The van der Waals surface area contributed by atoms with Gasteiger partial charge in [0.05, 0.1) is 17.9 Å². The first kappa shape index (κ1) is 13.8. The lowest BCUT2D eigenvalue weighted by Crippen LogP contribution is -2.52. The molecule has 0 amide bonds. The molecule has 1 saturated heterocycles. The SMILES string of the molecule is CC(C)C1(S(=O)(=O)N2CCOC(C(=O)O)C2)CC1. The second kappa shape index (κ2) is 4.47. The Balaban J connectivity index is 2.18. The first-order valence-electron chi connectivity index (χ1n) is 6.15. The molecule has 6 nitrogen and oxygen atoms in total. The molecule has 2 aliphatic rings. The molecule has 0 radical (unpaired) electrons. The molecule has 2 fully saturated rings. The van der Waals surface area contributed by atoms with Crippen LogP contribution >= 0.6 is 0 Å². The van der Waals surface area contributed by atoms with Crippen molar-refractivity contribution in [2.45, 2.75) is 37.5 Å². The predicted octanol–water partition coefficient (Wildman–Crippen LogP) is 0.290. The molecule has 0 aromatic carbocycles. The van der Waals surface area contributed by atoms with Gasteiger partial charge >= 0.3 is 5.97 Å².